The zero-order valence-corrected chi connectivity index (χ0v) is 14.5. The van der Waals surface area contributed by atoms with Gasteiger partial charge >= 0.3 is 5.97 Å². The van der Waals surface area contributed by atoms with Crippen molar-refractivity contribution in [2.24, 2.45) is 5.92 Å². The molecule has 0 saturated carbocycles. The third-order valence-corrected chi connectivity index (χ3v) is 5.37. The van der Waals surface area contributed by atoms with Crippen LogP contribution in [0.3, 0.4) is 0 Å². The molecule has 0 aliphatic carbocycles. The predicted molar refractivity (Wildman–Crippen MR) is 93.2 cm³/mol. The molecule has 1 fully saturated rings. The van der Waals surface area contributed by atoms with Crippen LogP contribution in [0.15, 0.2) is 41.8 Å². The Balaban J connectivity index is 1.67. The smallest absolute Gasteiger partial charge is 0.335 e. The Labute approximate surface area is 149 Å². The highest BCUT2D eigenvalue weighted by Gasteiger charge is 2.43. The first kappa shape index (κ1) is 17.2. The van der Waals surface area contributed by atoms with Crippen LogP contribution in [-0.2, 0) is 16.1 Å². The number of carboxylic acid groups (broad SMARTS) is 1. The molecule has 1 aliphatic rings. The maximum absolute atomic E-state index is 12.6. The standard InChI is InChI=1S/C18H18N2O4S/c1-20-15(21)9-13(16(20)14-3-2-8-25-14)17(22)19-10-11-4-6-12(7-5-11)18(23)24/h2-8,13,16H,9-10H2,1H3,(H,19,22)(H,23,24)/t13-,16-/m0/s1. The number of nitrogens with one attached hydrogen (secondary N) is 1. The van der Waals surface area contributed by atoms with Crippen molar-refractivity contribution in [3.05, 3.63) is 57.8 Å². The van der Waals surface area contributed by atoms with Gasteiger partial charge in [-0.3, -0.25) is 9.59 Å². The molecule has 1 aliphatic heterocycles. The fourth-order valence-corrected chi connectivity index (χ4v) is 3.97. The fraction of sp³-hybridized carbons (Fsp3) is 0.278. The number of carbonyl (C=O) groups is 3. The molecule has 1 aromatic heterocycles. The van der Waals surface area contributed by atoms with E-state index in [1.165, 1.54) is 23.5 Å². The molecule has 2 N–H and O–H groups in total. The number of thiophene rings is 1. The second-order valence-corrected chi connectivity index (χ2v) is 6.97. The summed E-state index contributed by atoms with van der Waals surface area (Å²) in [4.78, 5) is 38.2. The Morgan fingerprint density at radius 1 is 1.28 bits per heavy atom. The van der Waals surface area contributed by atoms with Crippen LogP contribution < -0.4 is 5.32 Å². The summed E-state index contributed by atoms with van der Waals surface area (Å²) in [7, 11) is 1.73. The van der Waals surface area contributed by atoms with E-state index in [1.54, 1.807) is 24.1 Å². The van der Waals surface area contributed by atoms with Crippen LogP contribution in [-0.4, -0.2) is 34.8 Å². The minimum absolute atomic E-state index is 0.0376. The highest BCUT2D eigenvalue weighted by atomic mass is 32.1. The van der Waals surface area contributed by atoms with Crippen LogP contribution in [0.4, 0.5) is 0 Å². The van der Waals surface area contributed by atoms with Gasteiger partial charge in [-0.1, -0.05) is 18.2 Å². The van der Waals surface area contributed by atoms with E-state index in [0.717, 1.165) is 10.4 Å². The van der Waals surface area contributed by atoms with Crippen molar-refractivity contribution in [3.8, 4) is 0 Å². The molecule has 2 amide bonds. The summed E-state index contributed by atoms with van der Waals surface area (Å²) in [5.41, 5.74) is 1.01. The van der Waals surface area contributed by atoms with E-state index in [1.807, 2.05) is 17.5 Å². The number of carbonyl (C=O) groups excluding carboxylic acids is 2. The summed E-state index contributed by atoms with van der Waals surface area (Å²) in [6, 6.07) is 9.97. The molecule has 6 nitrogen and oxygen atoms in total. The molecule has 0 bridgehead atoms. The van der Waals surface area contributed by atoms with E-state index in [4.69, 9.17) is 5.11 Å². The molecule has 0 spiro atoms. The number of nitrogens with zero attached hydrogens (tertiary/aromatic N) is 1. The van der Waals surface area contributed by atoms with Gasteiger partial charge in [0, 0.05) is 24.9 Å². The summed E-state index contributed by atoms with van der Waals surface area (Å²) in [5.74, 6) is -1.61. The van der Waals surface area contributed by atoms with Crippen molar-refractivity contribution < 1.29 is 19.5 Å². The molecular weight excluding hydrogens is 340 g/mol. The maximum atomic E-state index is 12.6. The van der Waals surface area contributed by atoms with Gasteiger partial charge in [0.2, 0.25) is 11.8 Å². The molecule has 2 heterocycles. The van der Waals surface area contributed by atoms with Crippen molar-refractivity contribution in [1.29, 1.82) is 0 Å². The Morgan fingerprint density at radius 2 is 2.00 bits per heavy atom. The van der Waals surface area contributed by atoms with Crippen LogP contribution in [0.25, 0.3) is 0 Å². The first-order chi connectivity index (χ1) is 12.0. The van der Waals surface area contributed by atoms with Gasteiger partial charge in [0.15, 0.2) is 0 Å². The normalized spacial score (nSPS) is 19.9. The molecule has 0 radical (unpaired) electrons. The number of likely N-dealkylation sites (tertiary alicyclic amines) is 1. The Bertz CT molecular complexity index is 786. The van der Waals surface area contributed by atoms with E-state index < -0.39 is 11.9 Å². The number of hydrogen-bond donors (Lipinski definition) is 2. The fourth-order valence-electron chi connectivity index (χ4n) is 3.04. The molecule has 25 heavy (non-hydrogen) atoms. The zero-order chi connectivity index (χ0) is 18.0. The number of aromatic carboxylic acids is 1. The van der Waals surface area contributed by atoms with Crippen LogP contribution in [0.5, 0.6) is 0 Å². The topological polar surface area (TPSA) is 86.7 Å². The lowest BCUT2D eigenvalue weighted by Crippen LogP contribution is -2.33. The number of hydrogen-bond acceptors (Lipinski definition) is 4. The van der Waals surface area contributed by atoms with Gasteiger partial charge in [0.1, 0.15) is 0 Å². The van der Waals surface area contributed by atoms with Gasteiger partial charge in [-0.05, 0) is 29.1 Å². The Kier molecular flexibility index (Phi) is 4.85. The van der Waals surface area contributed by atoms with Crippen LogP contribution in [0, 0.1) is 5.92 Å². The quantitative estimate of drug-likeness (QED) is 0.858. The Morgan fingerprint density at radius 3 is 2.60 bits per heavy atom. The van der Waals surface area contributed by atoms with Crippen molar-refractivity contribution in [2.45, 2.75) is 19.0 Å². The number of rotatable bonds is 5. The second-order valence-electron chi connectivity index (χ2n) is 6.00. The largest absolute Gasteiger partial charge is 0.478 e. The third-order valence-electron chi connectivity index (χ3n) is 4.43. The van der Waals surface area contributed by atoms with Gasteiger partial charge in [-0.15, -0.1) is 11.3 Å². The van der Waals surface area contributed by atoms with Gasteiger partial charge in [0.25, 0.3) is 0 Å². The molecule has 2 atom stereocenters. The van der Waals surface area contributed by atoms with Gasteiger partial charge in [-0.2, -0.15) is 0 Å². The lowest BCUT2D eigenvalue weighted by molar-refractivity contribution is -0.128. The van der Waals surface area contributed by atoms with Crippen molar-refractivity contribution in [1.82, 2.24) is 10.2 Å². The SMILES string of the molecule is CN1C(=O)C[C@H](C(=O)NCc2ccc(C(=O)O)cc2)[C@H]1c1cccs1. The van der Waals surface area contributed by atoms with E-state index in [9.17, 15) is 14.4 Å². The molecule has 1 aromatic carbocycles. The average molecular weight is 358 g/mol. The lowest BCUT2D eigenvalue weighted by Gasteiger charge is -2.23. The summed E-state index contributed by atoms with van der Waals surface area (Å²) < 4.78 is 0. The number of carboxylic acids is 1. The van der Waals surface area contributed by atoms with Gasteiger partial charge in [-0.25, -0.2) is 4.79 Å². The summed E-state index contributed by atoms with van der Waals surface area (Å²) in [6.45, 7) is 0.296. The maximum Gasteiger partial charge on any atom is 0.335 e. The number of benzene rings is 1. The molecule has 2 aromatic rings. The Hall–Kier alpha value is -2.67. The zero-order valence-electron chi connectivity index (χ0n) is 13.6. The minimum Gasteiger partial charge on any atom is -0.478 e. The first-order valence-electron chi connectivity index (χ1n) is 7.86. The molecule has 1 saturated heterocycles. The van der Waals surface area contributed by atoms with Crippen LogP contribution in [0.1, 0.15) is 33.3 Å². The van der Waals surface area contributed by atoms with Crippen molar-refractivity contribution in [2.75, 3.05) is 7.05 Å². The van der Waals surface area contributed by atoms with E-state index in [0.29, 0.717) is 6.54 Å². The molecule has 7 heteroatoms. The molecule has 130 valence electrons. The van der Waals surface area contributed by atoms with E-state index >= 15 is 0 Å². The summed E-state index contributed by atoms with van der Waals surface area (Å²) in [6.07, 6.45) is 0.197. The van der Waals surface area contributed by atoms with E-state index in [-0.39, 0.29) is 29.8 Å². The van der Waals surface area contributed by atoms with Gasteiger partial charge in [0.05, 0.1) is 17.5 Å². The minimum atomic E-state index is -0.984. The average Bonchev–Trinajstić information content (AvgIpc) is 3.22. The predicted octanol–water partition coefficient (Wildman–Crippen LogP) is 2.28. The van der Waals surface area contributed by atoms with Crippen LogP contribution in [0.2, 0.25) is 0 Å². The van der Waals surface area contributed by atoms with Gasteiger partial charge < -0.3 is 15.3 Å². The highest BCUT2D eigenvalue weighted by Crippen LogP contribution is 2.39. The third kappa shape index (κ3) is 3.56. The second kappa shape index (κ2) is 7.06. The molecule has 3 rings (SSSR count). The summed E-state index contributed by atoms with van der Waals surface area (Å²) in [5, 5.41) is 13.7. The van der Waals surface area contributed by atoms with Crippen LogP contribution >= 0.6 is 11.3 Å². The van der Waals surface area contributed by atoms with Crippen molar-refractivity contribution >= 4 is 29.1 Å². The highest BCUT2D eigenvalue weighted by molar-refractivity contribution is 7.10. The molecule has 0 unspecified atom stereocenters. The number of amides is 2. The monoisotopic (exact) mass is 358 g/mol. The molecular formula is C18H18N2O4S. The first-order valence-corrected chi connectivity index (χ1v) is 8.74. The van der Waals surface area contributed by atoms with E-state index in [2.05, 4.69) is 5.32 Å². The lowest BCUT2D eigenvalue weighted by atomic mass is 9.98. The summed E-state index contributed by atoms with van der Waals surface area (Å²) >= 11 is 1.54. The van der Waals surface area contributed by atoms with Crippen molar-refractivity contribution in [3.63, 3.8) is 0 Å².